The molecule has 0 saturated carbocycles. The van der Waals surface area contributed by atoms with Gasteiger partial charge in [0.25, 0.3) is 0 Å². The molecule has 2 rings (SSSR count). The maximum atomic E-state index is 11.4. The van der Waals surface area contributed by atoms with E-state index >= 15 is 0 Å². The summed E-state index contributed by atoms with van der Waals surface area (Å²) in [5, 5.41) is 4.06. The minimum absolute atomic E-state index is 0.171. The summed E-state index contributed by atoms with van der Waals surface area (Å²) in [6, 6.07) is 13.5. The van der Waals surface area contributed by atoms with E-state index in [4.69, 9.17) is 9.57 Å². The van der Waals surface area contributed by atoms with Crippen LogP contribution in [0, 0.1) is 0 Å². The Morgan fingerprint density at radius 1 is 1.11 bits per heavy atom. The van der Waals surface area contributed by atoms with E-state index in [0.717, 1.165) is 17.4 Å². The smallest absolute Gasteiger partial charge is 0.343 e. The molecule has 2 aromatic carbocycles. The highest BCUT2D eigenvalue weighted by molar-refractivity contribution is 7.90. The highest BCUT2D eigenvalue weighted by Crippen LogP contribution is 2.15. The molecule has 0 aromatic heterocycles. The van der Waals surface area contributed by atoms with Crippen molar-refractivity contribution in [1.82, 2.24) is 0 Å². The number of ether oxygens (including phenoxy) is 2. The number of oxime groups is 1. The topological polar surface area (TPSA) is 91.3 Å². The number of esters is 1. The average molecular weight is 391 g/mol. The Morgan fingerprint density at radius 3 is 2.44 bits per heavy atom. The first-order chi connectivity index (χ1) is 12.8. The van der Waals surface area contributed by atoms with Gasteiger partial charge in [0.15, 0.2) is 16.4 Å². The first kappa shape index (κ1) is 20.4. The Bertz CT molecular complexity index is 919. The number of benzene rings is 2. The molecule has 0 unspecified atom stereocenters. The van der Waals surface area contributed by atoms with E-state index in [1.54, 1.807) is 37.3 Å². The lowest BCUT2D eigenvalue weighted by atomic mass is 10.1. The molecule has 0 aliphatic heterocycles. The van der Waals surface area contributed by atoms with Crippen LogP contribution in [0.4, 0.5) is 0 Å². The van der Waals surface area contributed by atoms with Gasteiger partial charge in [-0.3, -0.25) is 0 Å². The maximum Gasteiger partial charge on any atom is 0.343 e. The van der Waals surface area contributed by atoms with Crippen LogP contribution in [0.3, 0.4) is 0 Å². The Kier molecular flexibility index (Phi) is 6.95. The zero-order chi connectivity index (χ0) is 19.9. The quantitative estimate of drug-likeness (QED) is 0.390. The molecular formula is C19H21NO6S. The van der Waals surface area contributed by atoms with Crippen molar-refractivity contribution in [3.8, 4) is 5.75 Å². The average Bonchev–Trinajstić information content (AvgIpc) is 2.66. The van der Waals surface area contributed by atoms with Crippen molar-refractivity contribution >= 4 is 21.5 Å². The second kappa shape index (κ2) is 9.18. The first-order valence-electron chi connectivity index (χ1n) is 8.05. The van der Waals surface area contributed by atoms with Gasteiger partial charge in [-0.15, -0.1) is 0 Å². The summed E-state index contributed by atoms with van der Waals surface area (Å²) in [5.74, 6) is 0.0554. The molecule has 0 aliphatic carbocycles. The molecule has 8 heteroatoms. The standard InChI is InChI=1S/C19H21NO6S/c1-14(16-5-4-6-17(11-16)25-13-19(21)24-2)20-26-12-15-7-9-18(10-8-15)27(3,22)23/h4-11H,12-13H2,1-3H3. The SMILES string of the molecule is COC(=O)COc1cccc(C(C)=NOCc2ccc(S(C)(=O)=O)cc2)c1. The predicted molar refractivity (Wildman–Crippen MR) is 101 cm³/mol. The first-order valence-corrected chi connectivity index (χ1v) is 9.94. The van der Waals surface area contributed by atoms with Gasteiger partial charge in [0.1, 0.15) is 12.4 Å². The number of hydrogen-bond acceptors (Lipinski definition) is 7. The zero-order valence-corrected chi connectivity index (χ0v) is 16.2. The van der Waals surface area contributed by atoms with Crippen LogP contribution in [0.25, 0.3) is 0 Å². The van der Waals surface area contributed by atoms with Gasteiger partial charge >= 0.3 is 5.97 Å². The van der Waals surface area contributed by atoms with E-state index in [9.17, 15) is 13.2 Å². The third-order valence-corrected chi connectivity index (χ3v) is 4.75. The van der Waals surface area contributed by atoms with Crippen molar-refractivity contribution in [3.05, 3.63) is 59.7 Å². The van der Waals surface area contributed by atoms with Crippen molar-refractivity contribution in [3.63, 3.8) is 0 Å². The van der Waals surface area contributed by atoms with Gasteiger partial charge in [0.05, 0.1) is 17.7 Å². The van der Waals surface area contributed by atoms with Crippen LogP contribution in [0.2, 0.25) is 0 Å². The lowest BCUT2D eigenvalue weighted by Gasteiger charge is -2.07. The molecule has 0 radical (unpaired) electrons. The number of nitrogens with zero attached hydrogens (tertiary/aromatic N) is 1. The third kappa shape index (κ3) is 6.41. The summed E-state index contributed by atoms with van der Waals surface area (Å²) >= 11 is 0. The molecule has 2 aromatic rings. The molecule has 0 fully saturated rings. The van der Waals surface area contributed by atoms with Crippen LogP contribution in [0.15, 0.2) is 58.6 Å². The molecule has 27 heavy (non-hydrogen) atoms. The highest BCUT2D eigenvalue weighted by atomic mass is 32.2. The number of rotatable bonds is 8. The summed E-state index contributed by atoms with van der Waals surface area (Å²) in [5.41, 5.74) is 2.21. The van der Waals surface area contributed by atoms with Gasteiger partial charge in [-0.2, -0.15) is 0 Å². The van der Waals surface area contributed by atoms with Crippen molar-refractivity contribution in [1.29, 1.82) is 0 Å². The molecule has 7 nitrogen and oxygen atoms in total. The lowest BCUT2D eigenvalue weighted by Crippen LogP contribution is -2.12. The van der Waals surface area contributed by atoms with Crippen LogP contribution in [0.1, 0.15) is 18.1 Å². The molecule has 0 spiro atoms. The molecule has 0 aliphatic rings. The normalized spacial score (nSPS) is 11.7. The zero-order valence-electron chi connectivity index (χ0n) is 15.3. The van der Waals surface area contributed by atoms with E-state index in [1.807, 2.05) is 6.07 Å². The molecule has 0 atom stereocenters. The van der Waals surface area contributed by atoms with E-state index in [0.29, 0.717) is 11.5 Å². The largest absolute Gasteiger partial charge is 0.482 e. The molecular weight excluding hydrogens is 370 g/mol. The maximum absolute atomic E-state index is 11.4. The van der Waals surface area contributed by atoms with Crippen LogP contribution < -0.4 is 4.74 Å². The highest BCUT2D eigenvalue weighted by Gasteiger charge is 2.07. The Balaban J connectivity index is 1.96. The van der Waals surface area contributed by atoms with Gasteiger partial charge in [-0.1, -0.05) is 29.4 Å². The summed E-state index contributed by atoms with van der Waals surface area (Å²) in [6.07, 6.45) is 1.16. The number of hydrogen-bond donors (Lipinski definition) is 0. The van der Waals surface area contributed by atoms with Crippen molar-refractivity contribution in [2.75, 3.05) is 20.0 Å². The fraction of sp³-hybridized carbons (Fsp3) is 0.263. The molecule has 0 heterocycles. The van der Waals surface area contributed by atoms with Crippen LogP contribution in [-0.2, 0) is 30.8 Å². The summed E-state index contributed by atoms with van der Waals surface area (Å²) in [4.78, 5) is 16.7. The van der Waals surface area contributed by atoms with Gasteiger partial charge in [0, 0.05) is 11.8 Å². The van der Waals surface area contributed by atoms with Crippen molar-refractivity contribution < 1.29 is 27.5 Å². The van der Waals surface area contributed by atoms with Gasteiger partial charge in [-0.05, 0) is 36.8 Å². The monoisotopic (exact) mass is 391 g/mol. The van der Waals surface area contributed by atoms with Crippen LogP contribution in [-0.4, -0.2) is 40.1 Å². The van der Waals surface area contributed by atoms with E-state index in [2.05, 4.69) is 9.89 Å². The van der Waals surface area contributed by atoms with Crippen LogP contribution in [0.5, 0.6) is 5.75 Å². The molecule has 144 valence electrons. The van der Waals surface area contributed by atoms with E-state index in [1.165, 1.54) is 19.2 Å². The van der Waals surface area contributed by atoms with Crippen molar-refractivity contribution in [2.45, 2.75) is 18.4 Å². The van der Waals surface area contributed by atoms with Gasteiger partial charge in [0.2, 0.25) is 0 Å². The second-order valence-electron chi connectivity index (χ2n) is 5.76. The Morgan fingerprint density at radius 2 is 1.81 bits per heavy atom. The number of carbonyl (C=O) groups excluding carboxylic acids is 1. The predicted octanol–water partition coefficient (Wildman–Crippen LogP) is 2.58. The van der Waals surface area contributed by atoms with Gasteiger partial charge in [-0.25, -0.2) is 13.2 Å². The lowest BCUT2D eigenvalue weighted by molar-refractivity contribution is -0.142. The fourth-order valence-corrected chi connectivity index (χ4v) is 2.73. The minimum Gasteiger partial charge on any atom is -0.482 e. The number of methoxy groups -OCH3 is 1. The molecule has 0 N–H and O–H groups in total. The number of sulfone groups is 1. The van der Waals surface area contributed by atoms with Crippen LogP contribution >= 0.6 is 0 Å². The van der Waals surface area contributed by atoms with Crippen molar-refractivity contribution in [2.24, 2.45) is 5.16 Å². The summed E-state index contributed by atoms with van der Waals surface area (Å²) in [6.45, 7) is 1.82. The Labute approximate surface area is 158 Å². The molecule has 0 saturated heterocycles. The van der Waals surface area contributed by atoms with E-state index in [-0.39, 0.29) is 18.1 Å². The van der Waals surface area contributed by atoms with Gasteiger partial charge < -0.3 is 14.3 Å². The summed E-state index contributed by atoms with van der Waals surface area (Å²) < 4.78 is 32.8. The van der Waals surface area contributed by atoms with E-state index < -0.39 is 15.8 Å². The second-order valence-corrected chi connectivity index (χ2v) is 7.77. The molecule has 0 amide bonds. The minimum atomic E-state index is -3.21. The number of carbonyl (C=O) groups is 1. The Hall–Kier alpha value is -2.87. The summed E-state index contributed by atoms with van der Waals surface area (Å²) in [7, 11) is -1.92. The molecule has 0 bridgehead atoms. The fourth-order valence-electron chi connectivity index (χ4n) is 2.10. The third-order valence-electron chi connectivity index (χ3n) is 3.62.